The summed E-state index contributed by atoms with van der Waals surface area (Å²) in [6.07, 6.45) is 5.57. The van der Waals surface area contributed by atoms with Crippen LogP contribution in [0.3, 0.4) is 0 Å². The first-order valence-corrected chi connectivity index (χ1v) is 9.95. The van der Waals surface area contributed by atoms with Gasteiger partial charge in [-0.05, 0) is 65.4 Å². The smallest absolute Gasteiger partial charge is 0.476 e. The quantitative estimate of drug-likeness (QED) is 0.547. The summed E-state index contributed by atoms with van der Waals surface area (Å²) in [6.45, 7) is 10.6. The Balaban J connectivity index is 1.74. The monoisotopic (exact) mass is 387 g/mol. The largest absolute Gasteiger partial charge is 0.490 e. The molecule has 1 aromatic rings. The minimum absolute atomic E-state index is 0.227. The Morgan fingerprint density at radius 1 is 1.21 bits per heavy atom. The first-order valence-electron chi connectivity index (χ1n) is 9.95. The predicted octanol–water partition coefficient (Wildman–Crippen LogP) is 3.75. The van der Waals surface area contributed by atoms with Gasteiger partial charge in [0.25, 0.3) is 0 Å². The average molecular weight is 387 g/mol. The molecule has 6 nitrogen and oxygen atoms in total. The zero-order chi connectivity index (χ0) is 20.4. The van der Waals surface area contributed by atoms with Crippen molar-refractivity contribution in [1.82, 2.24) is 4.98 Å². The molecule has 0 aromatic carbocycles. The number of aromatic nitrogens is 1. The van der Waals surface area contributed by atoms with Crippen molar-refractivity contribution >= 4 is 13.1 Å². The van der Waals surface area contributed by atoms with Gasteiger partial charge in [-0.15, -0.1) is 0 Å². The van der Waals surface area contributed by atoms with E-state index in [4.69, 9.17) is 18.8 Å². The molecular weight excluding hydrogens is 357 g/mol. The fraction of sp³-hybridized carbons (Fsp3) is 0.619. The van der Waals surface area contributed by atoms with Gasteiger partial charge in [-0.3, -0.25) is 4.79 Å². The maximum absolute atomic E-state index is 12.8. The Morgan fingerprint density at radius 2 is 1.93 bits per heavy atom. The van der Waals surface area contributed by atoms with Crippen LogP contribution in [0.2, 0.25) is 0 Å². The third kappa shape index (κ3) is 4.10. The zero-order valence-corrected chi connectivity index (χ0v) is 17.5. The summed E-state index contributed by atoms with van der Waals surface area (Å²) in [7, 11) is -0.373. The van der Waals surface area contributed by atoms with Crippen molar-refractivity contribution in [2.45, 2.75) is 65.1 Å². The lowest BCUT2D eigenvalue weighted by molar-refractivity contribution is -0.158. The summed E-state index contributed by atoms with van der Waals surface area (Å²) >= 11 is 0. The van der Waals surface area contributed by atoms with Crippen LogP contribution in [-0.4, -0.2) is 42.5 Å². The molecule has 1 atom stereocenters. The fourth-order valence-corrected chi connectivity index (χ4v) is 3.43. The molecule has 1 saturated heterocycles. The van der Waals surface area contributed by atoms with Crippen molar-refractivity contribution in [2.24, 2.45) is 5.41 Å². The average Bonchev–Trinajstić information content (AvgIpc) is 2.89. The molecule has 1 aromatic heterocycles. The zero-order valence-electron chi connectivity index (χ0n) is 17.5. The summed E-state index contributed by atoms with van der Waals surface area (Å²) in [5.74, 6) is 0.280. The van der Waals surface area contributed by atoms with Crippen molar-refractivity contribution < 1.29 is 23.6 Å². The van der Waals surface area contributed by atoms with E-state index in [1.807, 2.05) is 46.8 Å². The first kappa shape index (κ1) is 20.9. The lowest BCUT2D eigenvalue weighted by Gasteiger charge is -2.34. The van der Waals surface area contributed by atoms with E-state index in [2.05, 4.69) is 11.1 Å². The van der Waals surface area contributed by atoms with Crippen molar-refractivity contribution in [3.05, 3.63) is 35.9 Å². The third-order valence-electron chi connectivity index (χ3n) is 6.05. The molecule has 0 saturated carbocycles. The summed E-state index contributed by atoms with van der Waals surface area (Å²) < 4.78 is 23.5. The summed E-state index contributed by atoms with van der Waals surface area (Å²) in [5.41, 5.74) is -0.399. The van der Waals surface area contributed by atoms with Crippen molar-refractivity contribution in [2.75, 3.05) is 13.2 Å². The predicted molar refractivity (Wildman–Crippen MR) is 107 cm³/mol. The van der Waals surface area contributed by atoms with E-state index in [9.17, 15) is 4.79 Å². The van der Waals surface area contributed by atoms with E-state index >= 15 is 0 Å². The van der Waals surface area contributed by atoms with Gasteiger partial charge in [-0.2, -0.15) is 0 Å². The van der Waals surface area contributed by atoms with Crippen LogP contribution in [0.25, 0.3) is 0 Å². The Morgan fingerprint density at radius 3 is 2.46 bits per heavy atom. The van der Waals surface area contributed by atoms with Gasteiger partial charge in [-0.1, -0.05) is 12.1 Å². The van der Waals surface area contributed by atoms with Gasteiger partial charge < -0.3 is 18.8 Å². The van der Waals surface area contributed by atoms with E-state index in [-0.39, 0.29) is 30.9 Å². The summed E-state index contributed by atoms with van der Waals surface area (Å²) in [4.78, 5) is 16.9. The van der Waals surface area contributed by atoms with E-state index in [1.54, 1.807) is 12.3 Å². The standard InChI is InChI=1S/C21H30BNO5/c1-6-25-18(24)21(15-26-17-9-7-8-14-23-17)12-10-16(11-13-21)22-27-19(2,3)20(4,5)28-22/h7-10,14H,6,11-13,15H2,1-5H3. The molecule has 152 valence electrons. The summed E-state index contributed by atoms with van der Waals surface area (Å²) in [5, 5.41) is 0. The highest BCUT2D eigenvalue weighted by molar-refractivity contribution is 6.54. The second-order valence-corrected chi connectivity index (χ2v) is 8.53. The van der Waals surface area contributed by atoms with Crippen LogP contribution < -0.4 is 4.74 Å². The Hall–Kier alpha value is -1.86. The van der Waals surface area contributed by atoms with Crippen LogP contribution in [0.4, 0.5) is 0 Å². The molecule has 3 rings (SSSR count). The van der Waals surface area contributed by atoms with Gasteiger partial charge in [0.15, 0.2) is 0 Å². The van der Waals surface area contributed by atoms with Gasteiger partial charge in [0.1, 0.15) is 12.0 Å². The number of nitrogens with zero attached hydrogens (tertiary/aromatic N) is 1. The van der Waals surface area contributed by atoms with Crippen LogP contribution in [0.1, 0.15) is 53.9 Å². The van der Waals surface area contributed by atoms with Crippen molar-refractivity contribution in [3.63, 3.8) is 0 Å². The van der Waals surface area contributed by atoms with Gasteiger partial charge in [-0.25, -0.2) is 4.98 Å². The molecular formula is C21H30BNO5. The lowest BCUT2D eigenvalue weighted by atomic mass is 9.66. The van der Waals surface area contributed by atoms with Gasteiger partial charge in [0, 0.05) is 12.3 Å². The van der Waals surface area contributed by atoms with Crippen molar-refractivity contribution in [3.8, 4) is 5.88 Å². The molecule has 0 spiro atoms. The molecule has 0 N–H and O–H groups in total. The number of hydrogen-bond donors (Lipinski definition) is 0. The molecule has 28 heavy (non-hydrogen) atoms. The molecule has 0 bridgehead atoms. The molecule has 1 aliphatic heterocycles. The number of hydrogen-bond acceptors (Lipinski definition) is 6. The Bertz CT molecular complexity index is 718. The second-order valence-electron chi connectivity index (χ2n) is 8.53. The lowest BCUT2D eigenvalue weighted by Crippen LogP contribution is -2.41. The van der Waals surface area contributed by atoms with E-state index in [0.29, 0.717) is 31.7 Å². The van der Waals surface area contributed by atoms with Crippen LogP contribution in [0.5, 0.6) is 5.88 Å². The number of ether oxygens (including phenoxy) is 2. The number of pyridine rings is 1. The van der Waals surface area contributed by atoms with Gasteiger partial charge >= 0.3 is 13.1 Å². The van der Waals surface area contributed by atoms with Crippen LogP contribution >= 0.6 is 0 Å². The van der Waals surface area contributed by atoms with Crippen LogP contribution in [0.15, 0.2) is 35.9 Å². The van der Waals surface area contributed by atoms with Crippen LogP contribution in [0, 0.1) is 5.41 Å². The number of esters is 1. The molecule has 0 radical (unpaired) electrons. The Labute approximate surface area is 167 Å². The van der Waals surface area contributed by atoms with Gasteiger partial charge in [0.2, 0.25) is 5.88 Å². The van der Waals surface area contributed by atoms with Crippen LogP contribution in [-0.2, 0) is 18.8 Å². The maximum atomic E-state index is 12.8. The highest BCUT2D eigenvalue weighted by Gasteiger charge is 2.53. The highest BCUT2D eigenvalue weighted by Crippen LogP contribution is 2.43. The highest BCUT2D eigenvalue weighted by atomic mass is 16.7. The van der Waals surface area contributed by atoms with Gasteiger partial charge in [0.05, 0.1) is 17.8 Å². The molecule has 0 amide bonds. The minimum Gasteiger partial charge on any atom is -0.476 e. The second kappa shape index (κ2) is 7.87. The molecule has 7 heteroatoms. The molecule has 1 fully saturated rings. The first-order chi connectivity index (χ1) is 13.2. The molecule has 2 aliphatic rings. The van der Waals surface area contributed by atoms with Crippen molar-refractivity contribution in [1.29, 1.82) is 0 Å². The normalized spacial score (nSPS) is 25.9. The fourth-order valence-electron chi connectivity index (χ4n) is 3.43. The number of allylic oxidation sites excluding steroid dienone is 2. The molecule has 1 aliphatic carbocycles. The summed E-state index contributed by atoms with van der Waals surface area (Å²) in [6, 6.07) is 5.47. The molecule has 1 unspecified atom stereocenters. The van der Waals surface area contributed by atoms with E-state index in [1.165, 1.54) is 0 Å². The SMILES string of the molecule is CCOC(=O)C1(COc2ccccn2)CC=C(B2OC(C)(C)C(C)(C)O2)CC1. The molecule has 2 heterocycles. The minimum atomic E-state index is -0.722. The van der Waals surface area contributed by atoms with E-state index < -0.39 is 5.41 Å². The number of rotatable bonds is 6. The third-order valence-corrected chi connectivity index (χ3v) is 6.05. The Kier molecular flexibility index (Phi) is 5.87. The topological polar surface area (TPSA) is 66.9 Å². The number of carbonyl (C=O) groups is 1. The van der Waals surface area contributed by atoms with E-state index in [0.717, 1.165) is 5.47 Å². The maximum Gasteiger partial charge on any atom is 0.490 e. The number of carbonyl (C=O) groups excluding carboxylic acids is 1.